The first-order chi connectivity index (χ1) is 14.5. The van der Waals surface area contributed by atoms with Crippen LogP contribution in [0.5, 0.6) is 0 Å². The average Bonchev–Trinajstić information content (AvgIpc) is 3.36. The van der Waals surface area contributed by atoms with E-state index in [-0.39, 0.29) is 35.6 Å². The molecule has 0 amide bonds. The zero-order valence-electron chi connectivity index (χ0n) is 16.2. The summed E-state index contributed by atoms with van der Waals surface area (Å²) >= 11 is 0. The SMILES string of the molecule is CS(=O)(=O)CCn1ncc2c(Nc3ncc(C(F)(F)F)c(NC4CC4)n3)ccc(F)c21. The van der Waals surface area contributed by atoms with Gasteiger partial charge >= 0.3 is 6.18 Å². The maximum atomic E-state index is 14.4. The maximum absolute atomic E-state index is 14.4. The molecule has 0 spiro atoms. The van der Waals surface area contributed by atoms with Gasteiger partial charge in [0.25, 0.3) is 0 Å². The highest BCUT2D eigenvalue weighted by molar-refractivity contribution is 7.90. The quantitative estimate of drug-likeness (QED) is 0.524. The van der Waals surface area contributed by atoms with E-state index in [4.69, 9.17) is 0 Å². The highest BCUT2D eigenvalue weighted by Crippen LogP contribution is 2.36. The summed E-state index contributed by atoms with van der Waals surface area (Å²) in [7, 11) is -3.28. The Hall–Kier alpha value is -2.96. The van der Waals surface area contributed by atoms with Crippen molar-refractivity contribution in [1.29, 1.82) is 0 Å². The number of fused-ring (bicyclic) bond motifs is 1. The zero-order valence-corrected chi connectivity index (χ0v) is 17.1. The van der Waals surface area contributed by atoms with Crippen molar-refractivity contribution in [2.75, 3.05) is 22.6 Å². The lowest BCUT2D eigenvalue weighted by atomic mass is 10.2. The van der Waals surface area contributed by atoms with E-state index in [0.717, 1.165) is 25.2 Å². The standard InChI is InChI=1S/C18H18F4N6O2S/c1-31(29,30)7-6-28-15-11(8-24-28)14(5-4-13(15)19)26-17-23-9-12(18(20,21)22)16(27-17)25-10-2-3-10/h4-5,8-10H,2-3,6-7H2,1H3,(H2,23,25,26,27). The fourth-order valence-corrected chi connectivity index (χ4v) is 3.50. The number of aromatic nitrogens is 4. The van der Waals surface area contributed by atoms with Crippen molar-refractivity contribution < 1.29 is 26.0 Å². The molecule has 0 unspecified atom stereocenters. The molecule has 0 bridgehead atoms. The maximum Gasteiger partial charge on any atom is 0.421 e. The number of aryl methyl sites for hydroxylation is 1. The van der Waals surface area contributed by atoms with Gasteiger partial charge in [0.2, 0.25) is 5.95 Å². The van der Waals surface area contributed by atoms with Crippen LogP contribution in [0.2, 0.25) is 0 Å². The molecule has 1 aliphatic rings. The summed E-state index contributed by atoms with van der Waals surface area (Å²) < 4.78 is 78.2. The topological polar surface area (TPSA) is 102 Å². The van der Waals surface area contributed by atoms with E-state index in [1.165, 1.54) is 16.9 Å². The molecule has 0 saturated heterocycles. The Labute approximate surface area is 174 Å². The van der Waals surface area contributed by atoms with Crippen molar-refractivity contribution in [2.24, 2.45) is 0 Å². The van der Waals surface area contributed by atoms with Gasteiger partial charge in [0, 0.05) is 23.9 Å². The van der Waals surface area contributed by atoms with Crippen LogP contribution in [0.25, 0.3) is 10.9 Å². The number of rotatable bonds is 7. The molecule has 8 nitrogen and oxygen atoms in total. The molecule has 0 aliphatic heterocycles. The molecule has 31 heavy (non-hydrogen) atoms. The number of nitrogens with one attached hydrogen (secondary N) is 2. The molecular weight excluding hydrogens is 440 g/mol. The fraction of sp³-hybridized carbons (Fsp3) is 0.389. The first-order valence-electron chi connectivity index (χ1n) is 9.31. The summed E-state index contributed by atoms with van der Waals surface area (Å²) in [5.41, 5.74) is -0.584. The summed E-state index contributed by atoms with van der Waals surface area (Å²) in [5.74, 6) is -1.27. The average molecular weight is 458 g/mol. The third kappa shape index (κ3) is 4.86. The van der Waals surface area contributed by atoms with E-state index in [1.54, 1.807) is 0 Å². The summed E-state index contributed by atoms with van der Waals surface area (Å²) in [5, 5.41) is 9.92. The number of nitrogens with zero attached hydrogens (tertiary/aromatic N) is 4. The van der Waals surface area contributed by atoms with E-state index in [2.05, 4.69) is 25.7 Å². The van der Waals surface area contributed by atoms with Crippen LogP contribution in [-0.2, 0) is 22.6 Å². The Balaban J connectivity index is 1.67. The fourth-order valence-electron chi connectivity index (χ4n) is 2.99. The second kappa shape index (κ2) is 7.62. The largest absolute Gasteiger partial charge is 0.421 e. The van der Waals surface area contributed by atoms with Gasteiger partial charge in [0.05, 0.1) is 24.2 Å². The highest BCUT2D eigenvalue weighted by atomic mass is 32.2. The minimum absolute atomic E-state index is 0.0467. The van der Waals surface area contributed by atoms with Crippen molar-refractivity contribution in [3.05, 3.63) is 35.9 Å². The van der Waals surface area contributed by atoms with Gasteiger partial charge in [-0.05, 0) is 25.0 Å². The second-order valence-corrected chi connectivity index (χ2v) is 9.61. The molecule has 4 rings (SSSR count). The van der Waals surface area contributed by atoms with E-state index in [1.807, 2.05) is 0 Å². The van der Waals surface area contributed by atoms with E-state index >= 15 is 0 Å². The van der Waals surface area contributed by atoms with Crippen LogP contribution in [0.1, 0.15) is 18.4 Å². The van der Waals surface area contributed by atoms with Gasteiger partial charge < -0.3 is 10.6 Å². The Morgan fingerprint density at radius 2 is 1.97 bits per heavy atom. The van der Waals surface area contributed by atoms with Gasteiger partial charge in [-0.2, -0.15) is 23.3 Å². The van der Waals surface area contributed by atoms with Crippen LogP contribution in [0, 0.1) is 5.82 Å². The van der Waals surface area contributed by atoms with E-state index in [9.17, 15) is 26.0 Å². The van der Waals surface area contributed by atoms with Gasteiger partial charge in [-0.1, -0.05) is 0 Å². The number of sulfone groups is 1. The summed E-state index contributed by atoms with van der Waals surface area (Å²) in [6.45, 7) is -0.0467. The van der Waals surface area contributed by atoms with Crippen LogP contribution in [-0.4, -0.2) is 46.2 Å². The molecule has 1 aromatic carbocycles. The van der Waals surface area contributed by atoms with E-state index < -0.39 is 27.4 Å². The summed E-state index contributed by atoms with van der Waals surface area (Å²) in [6.07, 6.45) is 0.00821. The minimum atomic E-state index is -4.61. The molecule has 13 heteroatoms. The van der Waals surface area contributed by atoms with Gasteiger partial charge in [-0.25, -0.2) is 17.8 Å². The number of hydrogen-bond acceptors (Lipinski definition) is 7. The van der Waals surface area contributed by atoms with Crippen molar-refractivity contribution >= 4 is 38.2 Å². The highest BCUT2D eigenvalue weighted by Gasteiger charge is 2.37. The molecule has 2 aromatic heterocycles. The van der Waals surface area contributed by atoms with Crippen LogP contribution in [0.4, 0.5) is 35.0 Å². The predicted molar refractivity (Wildman–Crippen MR) is 106 cm³/mol. The van der Waals surface area contributed by atoms with Crippen molar-refractivity contribution in [3.63, 3.8) is 0 Å². The van der Waals surface area contributed by atoms with Gasteiger partial charge in [-0.15, -0.1) is 0 Å². The molecule has 1 fully saturated rings. The van der Waals surface area contributed by atoms with Gasteiger partial charge in [0.15, 0.2) is 0 Å². The second-order valence-electron chi connectivity index (χ2n) is 7.35. The van der Waals surface area contributed by atoms with Crippen LogP contribution >= 0.6 is 0 Å². The van der Waals surface area contributed by atoms with Gasteiger partial charge in [-0.3, -0.25) is 4.68 Å². The monoisotopic (exact) mass is 458 g/mol. The molecular formula is C18H18F4N6O2S. The van der Waals surface area contributed by atoms with Crippen molar-refractivity contribution in [1.82, 2.24) is 19.7 Å². The van der Waals surface area contributed by atoms with Gasteiger partial charge in [0.1, 0.15) is 32.6 Å². The Morgan fingerprint density at radius 3 is 2.61 bits per heavy atom. The summed E-state index contributed by atoms with van der Waals surface area (Å²) in [6, 6.07) is 2.47. The molecule has 2 N–H and O–H groups in total. The number of benzene rings is 1. The van der Waals surface area contributed by atoms with Crippen LogP contribution in [0.3, 0.4) is 0 Å². The molecule has 2 heterocycles. The third-order valence-electron chi connectivity index (χ3n) is 4.68. The third-order valence-corrected chi connectivity index (χ3v) is 5.61. The van der Waals surface area contributed by atoms with Crippen LogP contribution < -0.4 is 10.6 Å². The van der Waals surface area contributed by atoms with Crippen molar-refractivity contribution in [3.8, 4) is 0 Å². The lowest BCUT2D eigenvalue weighted by Crippen LogP contribution is -2.15. The zero-order chi connectivity index (χ0) is 22.4. The number of anilines is 3. The number of hydrogen-bond donors (Lipinski definition) is 2. The first kappa shape index (κ1) is 21.3. The Morgan fingerprint density at radius 1 is 1.23 bits per heavy atom. The minimum Gasteiger partial charge on any atom is -0.367 e. The molecule has 3 aromatic rings. The molecule has 0 radical (unpaired) electrons. The Kier molecular flexibility index (Phi) is 5.23. The molecule has 1 aliphatic carbocycles. The number of halogens is 4. The van der Waals surface area contributed by atoms with Crippen LogP contribution in [0.15, 0.2) is 24.5 Å². The smallest absolute Gasteiger partial charge is 0.367 e. The lowest BCUT2D eigenvalue weighted by Gasteiger charge is -2.15. The van der Waals surface area contributed by atoms with E-state index in [0.29, 0.717) is 17.3 Å². The predicted octanol–water partition coefficient (Wildman–Crippen LogP) is 3.35. The Bertz CT molecular complexity index is 1240. The number of alkyl halides is 3. The first-order valence-corrected chi connectivity index (χ1v) is 11.4. The molecule has 0 atom stereocenters. The molecule has 1 saturated carbocycles. The normalized spacial score (nSPS) is 14.7. The molecule has 166 valence electrons. The lowest BCUT2D eigenvalue weighted by molar-refractivity contribution is -0.137. The van der Waals surface area contributed by atoms with Crippen molar-refractivity contribution in [2.45, 2.75) is 31.6 Å². The summed E-state index contributed by atoms with van der Waals surface area (Å²) in [4.78, 5) is 7.72.